The first kappa shape index (κ1) is 30.2. The predicted molar refractivity (Wildman–Crippen MR) is 53.3 cm³/mol. The Balaban J connectivity index is -0.0000000322. The molecule has 0 fully saturated rings. The van der Waals surface area contributed by atoms with Crippen LogP contribution in [0.5, 0.6) is 0 Å². The van der Waals surface area contributed by atoms with Gasteiger partial charge in [0.15, 0.2) is 0 Å². The van der Waals surface area contributed by atoms with E-state index < -0.39 is 6.79 Å². The first-order valence-electron chi connectivity index (χ1n) is 4.68. The third-order valence-corrected chi connectivity index (χ3v) is 1.02. The number of aliphatic hydroxyl groups is 4. The maximum Gasteiger partial charge on any atom is 0.140 e. The Morgan fingerprint density at radius 1 is 0.667 bits per heavy atom. The van der Waals surface area contributed by atoms with Gasteiger partial charge >= 0.3 is 0 Å². The van der Waals surface area contributed by atoms with Gasteiger partial charge in [0.1, 0.15) is 6.79 Å². The fourth-order valence-corrected chi connectivity index (χ4v) is 0.316. The SMILES string of the molecule is CCCCO.CCCCO.OCO.[Y].[Y]. The summed E-state index contributed by atoms with van der Waals surface area (Å²) in [6, 6.07) is 0. The van der Waals surface area contributed by atoms with Crippen molar-refractivity contribution in [3.8, 4) is 0 Å². The molecule has 2 radical (unpaired) electrons. The standard InChI is InChI=1S/2C4H10O.CH4O2.2Y/c2*1-2-3-4-5;2-1-3;;/h2*5H,2-4H2,1H3;2-3H,1H2;;. The van der Waals surface area contributed by atoms with Crippen molar-refractivity contribution >= 4 is 0 Å². The molecule has 0 saturated carbocycles. The minimum atomic E-state index is -0.750. The molecule has 0 spiro atoms. The topological polar surface area (TPSA) is 80.9 Å². The molecule has 0 aliphatic heterocycles. The van der Waals surface area contributed by atoms with Gasteiger partial charge in [-0.05, 0) is 12.8 Å². The molecule has 0 aromatic carbocycles. The van der Waals surface area contributed by atoms with Gasteiger partial charge in [0.2, 0.25) is 0 Å². The summed E-state index contributed by atoms with van der Waals surface area (Å²) < 4.78 is 0. The Morgan fingerprint density at radius 2 is 0.867 bits per heavy atom. The Kier molecular flexibility index (Phi) is 89.5. The van der Waals surface area contributed by atoms with Gasteiger partial charge in [-0.2, -0.15) is 0 Å². The molecule has 0 amide bonds. The first-order valence-corrected chi connectivity index (χ1v) is 4.68. The zero-order chi connectivity index (χ0) is 10.9. The van der Waals surface area contributed by atoms with Gasteiger partial charge < -0.3 is 20.4 Å². The maximum absolute atomic E-state index is 8.07. The molecule has 0 aromatic heterocycles. The van der Waals surface area contributed by atoms with Gasteiger partial charge in [-0.15, -0.1) is 0 Å². The van der Waals surface area contributed by atoms with E-state index in [1.807, 2.05) is 0 Å². The fourth-order valence-electron chi connectivity index (χ4n) is 0.316. The largest absolute Gasteiger partial charge is 0.396 e. The molecular weight excluding hydrogens is 350 g/mol. The summed E-state index contributed by atoms with van der Waals surface area (Å²) in [7, 11) is 0. The summed E-state index contributed by atoms with van der Waals surface area (Å²) >= 11 is 0. The third kappa shape index (κ3) is 86.6. The van der Waals surface area contributed by atoms with Crippen molar-refractivity contribution in [3.63, 3.8) is 0 Å². The van der Waals surface area contributed by atoms with E-state index in [4.69, 9.17) is 20.4 Å². The normalized spacial score (nSPS) is 6.80. The number of hydrogen-bond acceptors (Lipinski definition) is 4. The average Bonchev–Trinajstić information content (AvgIpc) is 2.09. The number of hydrogen-bond donors (Lipinski definition) is 4. The monoisotopic (exact) mass is 374 g/mol. The molecule has 0 rings (SSSR count). The summed E-state index contributed by atoms with van der Waals surface area (Å²) in [6.07, 6.45) is 4.08. The summed E-state index contributed by atoms with van der Waals surface area (Å²) in [5, 5.41) is 30.4. The molecule has 90 valence electrons. The molecule has 0 aromatic rings. The van der Waals surface area contributed by atoms with E-state index in [1.54, 1.807) is 0 Å². The zero-order valence-corrected chi connectivity index (χ0v) is 15.6. The van der Waals surface area contributed by atoms with Crippen molar-refractivity contribution in [1.29, 1.82) is 0 Å². The van der Waals surface area contributed by atoms with E-state index in [2.05, 4.69) is 13.8 Å². The van der Waals surface area contributed by atoms with E-state index >= 15 is 0 Å². The van der Waals surface area contributed by atoms with Crippen LogP contribution < -0.4 is 0 Å². The minimum Gasteiger partial charge on any atom is -0.396 e. The van der Waals surface area contributed by atoms with Crippen molar-refractivity contribution in [1.82, 2.24) is 0 Å². The predicted octanol–water partition coefficient (Wildman–Crippen LogP) is 0.481. The quantitative estimate of drug-likeness (QED) is 0.540. The van der Waals surface area contributed by atoms with Crippen LogP contribution in [0, 0.1) is 0 Å². The molecule has 0 unspecified atom stereocenters. The Labute approximate surface area is 144 Å². The Bertz CT molecular complexity index is 49.4. The molecule has 0 aliphatic rings. The van der Waals surface area contributed by atoms with E-state index in [1.165, 1.54) is 0 Å². The van der Waals surface area contributed by atoms with Gasteiger partial charge in [0.25, 0.3) is 0 Å². The van der Waals surface area contributed by atoms with Crippen LogP contribution in [0.1, 0.15) is 39.5 Å². The van der Waals surface area contributed by atoms with Gasteiger partial charge in [-0.25, -0.2) is 0 Å². The first-order chi connectivity index (χ1) is 6.24. The van der Waals surface area contributed by atoms with Crippen LogP contribution in [0.4, 0.5) is 0 Å². The van der Waals surface area contributed by atoms with Gasteiger partial charge in [0.05, 0.1) is 0 Å². The summed E-state index contributed by atoms with van der Waals surface area (Å²) in [5.41, 5.74) is 0. The molecular formula is C9H24O4Y2. The number of rotatable bonds is 4. The van der Waals surface area contributed by atoms with E-state index in [9.17, 15) is 0 Å². The molecule has 0 saturated heterocycles. The van der Waals surface area contributed by atoms with E-state index in [-0.39, 0.29) is 65.4 Å². The molecule has 0 aliphatic carbocycles. The molecule has 4 nitrogen and oxygen atoms in total. The van der Waals surface area contributed by atoms with Crippen molar-refractivity contribution in [2.75, 3.05) is 20.0 Å². The third-order valence-electron chi connectivity index (χ3n) is 1.02. The van der Waals surface area contributed by atoms with Crippen LogP contribution in [0.25, 0.3) is 0 Å². The van der Waals surface area contributed by atoms with E-state index in [0.717, 1.165) is 25.7 Å². The van der Waals surface area contributed by atoms with Crippen LogP contribution in [0.3, 0.4) is 0 Å². The van der Waals surface area contributed by atoms with Crippen LogP contribution in [0.15, 0.2) is 0 Å². The second kappa shape index (κ2) is 44.4. The van der Waals surface area contributed by atoms with Gasteiger partial charge in [-0.3, -0.25) is 0 Å². The zero-order valence-electron chi connectivity index (χ0n) is 9.89. The molecule has 15 heavy (non-hydrogen) atoms. The molecule has 0 atom stereocenters. The van der Waals surface area contributed by atoms with Crippen LogP contribution >= 0.6 is 0 Å². The fraction of sp³-hybridized carbons (Fsp3) is 1.00. The smallest absolute Gasteiger partial charge is 0.140 e. The molecule has 0 heterocycles. The summed E-state index contributed by atoms with van der Waals surface area (Å²) in [6.45, 7) is 4.04. The second-order valence-corrected chi connectivity index (χ2v) is 2.30. The molecule has 6 heteroatoms. The van der Waals surface area contributed by atoms with Crippen molar-refractivity contribution in [2.45, 2.75) is 39.5 Å². The van der Waals surface area contributed by atoms with Crippen LogP contribution in [-0.2, 0) is 65.4 Å². The van der Waals surface area contributed by atoms with Crippen LogP contribution in [-0.4, -0.2) is 40.4 Å². The minimum absolute atomic E-state index is 0. The maximum atomic E-state index is 8.07. The van der Waals surface area contributed by atoms with Gasteiger partial charge in [0, 0.05) is 78.6 Å². The van der Waals surface area contributed by atoms with Crippen molar-refractivity contribution in [3.05, 3.63) is 0 Å². The average molecular weight is 374 g/mol. The van der Waals surface area contributed by atoms with E-state index in [0.29, 0.717) is 13.2 Å². The number of unbranched alkanes of at least 4 members (excludes halogenated alkanes) is 2. The number of aliphatic hydroxyl groups excluding tert-OH is 3. The summed E-state index contributed by atoms with van der Waals surface area (Å²) in [5.74, 6) is 0. The van der Waals surface area contributed by atoms with Crippen LogP contribution in [0.2, 0.25) is 0 Å². The Hall–Kier alpha value is 2.05. The van der Waals surface area contributed by atoms with Gasteiger partial charge in [-0.1, -0.05) is 26.7 Å². The van der Waals surface area contributed by atoms with Crippen molar-refractivity contribution in [2.24, 2.45) is 0 Å². The summed E-state index contributed by atoms with van der Waals surface area (Å²) in [4.78, 5) is 0. The Morgan fingerprint density at radius 3 is 0.867 bits per heavy atom. The second-order valence-electron chi connectivity index (χ2n) is 2.30. The molecule has 4 N–H and O–H groups in total. The molecule has 0 bridgehead atoms. The van der Waals surface area contributed by atoms with Crippen molar-refractivity contribution < 1.29 is 85.8 Å².